The highest BCUT2D eigenvalue weighted by atomic mass is 35.5. The van der Waals surface area contributed by atoms with E-state index >= 15 is 0 Å². The minimum absolute atomic E-state index is 0.167. The number of hydrogen-bond acceptors (Lipinski definition) is 7. The fraction of sp³-hybridized carbons (Fsp3) is 0.421. The number of fused-ring (bicyclic) bond motifs is 1. The van der Waals surface area contributed by atoms with E-state index in [9.17, 15) is 9.90 Å². The molecule has 2 aliphatic rings. The van der Waals surface area contributed by atoms with Crippen molar-refractivity contribution in [2.24, 2.45) is 0 Å². The Hall–Kier alpha value is -2.10. The molecule has 0 saturated carbocycles. The zero-order valence-corrected chi connectivity index (χ0v) is 15.7. The lowest BCUT2D eigenvalue weighted by molar-refractivity contribution is -0.336. The predicted molar refractivity (Wildman–Crippen MR) is 96.6 cm³/mol. The van der Waals surface area contributed by atoms with Gasteiger partial charge in [0.25, 0.3) is 0 Å². The van der Waals surface area contributed by atoms with E-state index in [2.05, 4.69) is 5.32 Å². The van der Waals surface area contributed by atoms with Crippen LogP contribution in [-0.4, -0.2) is 48.3 Å². The van der Waals surface area contributed by atoms with Crippen molar-refractivity contribution in [2.75, 3.05) is 6.61 Å². The number of rotatable bonds is 4. The number of halogens is 1. The summed E-state index contributed by atoms with van der Waals surface area (Å²) >= 11 is 5.90. The van der Waals surface area contributed by atoms with Crippen molar-refractivity contribution in [3.63, 3.8) is 0 Å². The minimum Gasteiger partial charge on any atom is -0.464 e. The molecular formula is C19H20ClNO7. The minimum atomic E-state index is -1.08. The first-order chi connectivity index (χ1) is 13.5. The summed E-state index contributed by atoms with van der Waals surface area (Å²) < 4.78 is 28.6. The summed E-state index contributed by atoms with van der Waals surface area (Å²) in [6, 6.07) is 9.30. The highest BCUT2D eigenvalue weighted by Crippen LogP contribution is 2.35. The Morgan fingerprint density at radius 3 is 2.71 bits per heavy atom. The lowest BCUT2D eigenvalue weighted by Gasteiger charge is -2.47. The molecule has 2 aliphatic heterocycles. The van der Waals surface area contributed by atoms with Gasteiger partial charge in [-0.25, -0.2) is 0 Å². The van der Waals surface area contributed by atoms with Crippen molar-refractivity contribution in [1.82, 2.24) is 5.32 Å². The summed E-state index contributed by atoms with van der Waals surface area (Å²) in [7, 11) is 0. The Labute approximate surface area is 166 Å². The average molecular weight is 410 g/mol. The van der Waals surface area contributed by atoms with Gasteiger partial charge in [-0.3, -0.25) is 4.79 Å². The molecule has 2 fully saturated rings. The number of aliphatic hydroxyl groups is 1. The molecule has 1 aromatic heterocycles. The molecule has 0 spiro atoms. The summed E-state index contributed by atoms with van der Waals surface area (Å²) in [6.07, 6.45) is -2.58. The first-order valence-electron chi connectivity index (χ1n) is 8.84. The molecule has 0 unspecified atom stereocenters. The molecule has 4 rings (SSSR count). The molecule has 0 aliphatic carbocycles. The summed E-state index contributed by atoms with van der Waals surface area (Å²) in [5.41, 5.74) is 0. The van der Waals surface area contributed by atoms with Crippen LogP contribution >= 0.6 is 11.6 Å². The van der Waals surface area contributed by atoms with Crippen molar-refractivity contribution in [3.8, 4) is 5.75 Å². The summed E-state index contributed by atoms with van der Waals surface area (Å²) in [5, 5.41) is 14.2. The molecule has 9 heteroatoms. The van der Waals surface area contributed by atoms with Crippen LogP contribution in [0.3, 0.4) is 0 Å². The zero-order valence-electron chi connectivity index (χ0n) is 15.0. The van der Waals surface area contributed by atoms with Crippen LogP contribution in [0, 0.1) is 0 Å². The first-order valence-corrected chi connectivity index (χ1v) is 9.22. The van der Waals surface area contributed by atoms with Crippen molar-refractivity contribution < 1.29 is 33.3 Å². The van der Waals surface area contributed by atoms with E-state index in [1.807, 2.05) is 0 Å². The van der Waals surface area contributed by atoms with Gasteiger partial charge in [-0.1, -0.05) is 11.6 Å². The van der Waals surface area contributed by atoms with E-state index in [1.54, 1.807) is 36.4 Å². The van der Waals surface area contributed by atoms with Gasteiger partial charge in [0.15, 0.2) is 5.76 Å². The van der Waals surface area contributed by atoms with Crippen molar-refractivity contribution in [3.05, 3.63) is 53.4 Å². The SMILES string of the molecule is CC(=O)N[C@H]1[C@H](Oc2ccc(Cl)cc2)O[C@@H]2CO[C@@H](c3ccco3)O[C@H]2[C@@H]1O. The highest BCUT2D eigenvalue weighted by Gasteiger charge is 2.51. The lowest BCUT2D eigenvalue weighted by atomic mass is 9.96. The van der Waals surface area contributed by atoms with Gasteiger partial charge in [0.2, 0.25) is 18.5 Å². The van der Waals surface area contributed by atoms with Gasteiger partial charge in [-0.15, -0.1) is 0 Å². The van der Waals surface area contributed by atoms with Gasteiger partial charge in [-0.05, 0) is 36.4 Å². The van der Waals surface area contributed by atoms with Crippen LogP contribution in [-0.2, 0) is 19.0 Å². The van der Waals surface area contributed by atoms with Crippen molar-refractivity contribution >= 4 is 17.5 Å². The zero-order chi connectivity index (χ0) is 19.7. The van der Waals surface area contributed by atoms with E-state index < -0.39 is 36.9 Å². The number of aliphatic hydroxyl groups excluding tert-OH is 1. The smallest absolute Gasteiger partial charge is 0.223 e. The Balaban J connectivity index is 1.53. The third kappa shape index (κ3) is 4.01. The van der Waals surface area contributed by atoms with Crippen LogP contribution in [0.4, 0.5) is 0 Å². The molecular weight excluding hydrogens is 390 g/mol. The van der Waals surface area contributed by atoms with Crippen LogP contribution in [0.2, 0.25) is 5.02 Å². The Kier molecular flexibility index (Phi) is 5.56. The topological polar surface area (TPSA) is 99.4 Å². The van der Waals surface area contributed by atoms with Crippen LogP contribution < -0.4 is 10.1 Å². The molecule has 28 heavy (non-hydrogen) atoms. The van der Waals surface area contributed by atoms with Crippen molar-refractivity contribution in [2.45, 2.75) is 43.9 Å². The maximum absolute atomic E-state index is 11.7. The number of nitrogens with one attached hydrogen (secondary N) is 1. The Morgan fingerprint density at radius 1 is 1.25 bits per heavy atom. The summed E-state index contributed by atoms with van der Waals surface area (Å²) in [5.74, 6) is 0.647. The normalized spacial score (nSPS) is 32.4. The largest absolute Gasteiger partial charge is 0.464 e. The monoisotopic (exact) mass is 409 g/mol. The molecule has 1 amide bonds. The summed E-state index contributed by atoms with van der Waals surface area (Å²) in [4.78, 5) is 11.7. The number of carbonyl (C=O) groups is 1. The van der Waals surface area contributed by atoms with E-state index in [4.69, 9.17) is 35.0 Å². The van der Waals surface area contributed by atoms with Crippen LogP contribution in [0.1, 0.15) is 19.0 Å². The van der Waals surface area contributed by atoms with Gasteiger partial charge in [-0.2, -0.15) is 0 Å². The van der Waals surface area contributed by atoms with Crippen LogP contribution in [0.25, 0.3) is 0 Å². The average Bonchev–Trinajstić information content (AvgIpc) is 3.21. The van der Waals surface area contributed by atoms with Gasteiger partial charge >= 0.3 is 0 Å². The number of amides is 1. The third-order valence-electron chi connectivity index (χ3n) is 4.58. The maximum Gasteiger partial charge on any atom is 0.223 e. The summed E-state index contributed by atoms with van der Waals surface area (Å²) in [6.45, 7) is 1.52. The van der Waals surface area contributed by atoms with E-state index in [0.29, 0.717) is 16.5 Å². The standard InChI is InChI=1S/C19H20ClNO7/c1-10(22)21-15-16(23)17-14(9-25-18(28-17)13-3-2-8-24-13)27-19(15)26-12-6-4-11(20)5-7-12/h2-8,14-19,23H,9H2,1H3,(H,21,22)/t14-,15-,16-,17-,18-,19-/m1/s1. The van der Waals surface area contributed by atoms with E-state index in [-0.39, 0.29) is 12.5 Å². The number of hydrogen-bond donors (Lipinski definition) is 2. The molecule has 3 heterocycles. The fourth-order valence-electron chi connectivity index (χ4n) is 3.30. The second-order valence-electron chi connectivity index (χ2n) is 6.61. The Bertz CT molecular complexity index is 797. The highest BCUT2D eigenvalue weighted by molar-refractivity contribution is 6.30. The first kappa shape index (κ1) is 19.2. The molecule has 2 N–H and O–H groups in total. The van der Waals surface area contributed by atoms with Gasteiger partial charge < -0.3 is 33.8 Å². The molecule has 8 nitrogen and oxygen atoms in total. The second kappa shape index (κ2) is 8.10. The molecule has 1 aromatic carbocycles. The molecule has 0 radical (unpaired) electrons. The van der Waals surface area contributed by atoms with Crippen molar-refractivity contribution in [1.29, 1.82) is 0 Å². The maximum atomic E-state index is 11.7. The van der Waals surface area contributed by atoms with E-state index in [1.165, 1.54) is 13.2 Å². The third-order valence-corrected chi connectivity index (χ3v) is 4.83. The number of carbonyl (C=O) groups excluding carboxylic acids is 1. The lowest BCUT2D eigenvalue weighted by Crippen LogP contribution is -2.67. The van der Waals surface area contributed by atoms with Gasteiger partial charge in [0.05, 0.1) is 12.9 Å². The van der Waals surface area contributed by atoms with Crippen LogP contribution in [0.15, 0.2) is 47.1 Å². The number of benzene rings is 1. The molecule has 6 atom stereocenters. The molecule has 2 saturated heterocycles. The molecule has 0 bridgehead atoms. The molecule has 2 aromatic rings. The Morgan fingerprint density at radius 2 is 2.04 bits per heavy atom. The second-order valence-corrected chi connectivity index (χ2v) is 7.05. The fourth-order valence-corrected chi connectivity index (χ4v) is 3.42. The predicted octanol–water partition coefficient (Wildman–Crippen LogP) is 2.02. The molecule has 150 valence electrons. The quantitative estimate of drug-likeness (QED) is 0.796. The van der Waals surface area contributed by atoms with Gasteiger partial charge in [0.1, 0.15) is 30.1 Å². The number of ether oxygens (including phenoxy) is 4. The van der Waals surface area contributed by atoms with Gasteiger partial charge in [0, 0.05) is 11.9 Å². The number of furan rings is 1. The van der Waals surface area contributed by atoms with Crippen LogP contribution in [0.5, 0.6) is 5.75 Å². The van der Waals surface area contributed by atoms with E-state index in [0.717, 1.165) is 0 Å².